The summed E-state index contributed by atoms with van der Waals surface area (Å²) in [5, 5.41) is 0. The van der Waals surface area contributed by atoms with E-state index in [9.17, 15) is 0 Å². The summed E-state index contributed by atoms with van der Waals surface area (Å²) in [6.45, 7) is 7.17. The zero-order chi connectivity index (χ0) is 17.2. The maximum atomic E-state index is 4.74. The topological polar surface area (TPSA) is 12.9 Å². The van der Waals surface area contributed by atoms with Crippen LogP contribution in [0.15, 0.2) is 35.4 Å². The molecule has 1 aromatic heterocycles. The highest BCUT2D eigenvalue weighted by Crippen LogP contribution is 2.54. The highest BCUT2D eigenvalue weighted by atomic mass is 32.2. The summed E-state index contributed by atoms with van der Waals surface area (Å²) in [6.07, 6.45) is 7.58. The van der Waals surface area contributed by atoms with Crippen LogP contribution >= 0.6 is 11.8 Å². The second-order valence-electron chi connectivity index (χ2n) is 9.19. The Balaban J connectivity index is 1.74. The van der Waals surface area contributed by atoms with Crippen LogP contribution < -0.4 is 0 Å². The van der Waals surface area contributed by atoms with Crippen LogP contribution in [0.3, 0.4) is 0 Å². The van der Waals surface area contributed by atoms with Gasteiger partial charge in [0.25, 0.3) is 0 Å². The predicted molar refractivity (Wildman–Crippen MR) is 105 cm³/mol. The SMILES string of the molecule is CC(C)(C)C1c2cc3c(cc2SCc2ncccc21)C1CCC3CC1. The van der Waals surface area contributed by atoms with Crippen molar-refractivity contribution in [3.05, 3.63) is 58.4 Å². The van der Waals surface area contributed by atoms with E-state index >= 15 is 0 Å². The molecule has 1 atom stereocenters. The van der Waals surface area contributed by atoms with E-state index in [4.69, 9.17) is 4.98 Å². The molecule has 2 bridgehead atoms. The van der Waals surface area contributed by atoms with Crippen molar-refractivity contribution in [2.75, 3.05) is 0 Å². The van der Waals surface area contributed by atoms with Crippen molar-refractivity contribution in [2.24, 2.45) is 5.41 Å². The summed E-state index contributed by atoms with van der Waals surface area (Å²) < 4.78 is 0. The van der Waals surface area contributed by atoms with Crippen molar-refractivity contribution >= 4 is 11.8 Å². The van der Waals surface area contributed by atoms with Gasteiger partial charge in [-0.2, -0.15) is 0 Å². The molecule has 2 heterocycles. The highest BCUT2D eigenvalue weighted by Gasteiger charge is 2.38. The van der Waals surface area contributed by atoms with E-state index < -0.39 is 0 Å². The molecule has 0 N–H and O–H groups in total. The third-order valence-corrected chi connectivity index (χ3v) is 7.68. The van der Waals surface area contributed by atoms with Crippen LogP contribution in [0.1, 0.15) is 92.2 Å². The molecule has 1 aromatic carbocycles. The van der Waals surface area contributed by atoms with Gasteiger partial charge in [-0.1, -0.05) is 32.9 Å². The van der Waals surface area contributed by atoms with E-state index in [-0.39, 0.29) is 5.41 Å². The average Bonchev–Trinajstić information content (AvgIpc) is 2.77. The van der Waals surface area contributed by atoms with E-state index in [1.54, 1.807) is 16.7 Å². The van der Waals surface area contributed by atoms with Gasteiger partial charge < -0.3 is 0 Å². The number of nitrogens with zero attached hydrogens (tertiary/aromatic N) is 1. The van der Waals surface area contributed by atoms with Crippen molar-refractivity contribution in [3.63, 3.8) is 0 Å². The Labute approximate surface area is 155 Å². The maximum absolute atomic E-state index is 4.74. The van der Waals surface area contributed by atoms with E-state index in [0.29, 0.717) is 5.92 Å². The number of hydrogen-bond donors (Lipinski definition) is 0. The molecule has 6 rings (SSSR count). The van der Waals surface area contributed by atoms with Gasteiger partial charge in [-0.05, 0) is 77.3 Å². The number of benzene rings is 1. The number of aromatic nitrogens is 1. The molecule has 3 aliphatic carbocycles. The van der Waals surface area contributed by atoms with Crippen molar-refractivity contribution in [2.45, 2.75) is 74.9 Å². The number of rotatable bonds is 0. The van der Waals surface area contributed by atoms with E-state index in [1.165, 1.54) is 41.8 Å². The zero-order valence-corrected chi connectivity index (χ0v) is 16.3. The number of thioether (sulfide) groups is 1. The quantitative estimate of drug-likeness (QED) is 0.530. The van der Waals surface area contributed by atoms with E-state index in [1.807, 2.05) is 18.0 Å². The first-order valence-electron chi connectivity index (χ1n) is 9.76. The van der Waals surface area contributed by atoms with Crippen LogP contribution in [0.25, 0.3) is 0 Å². The first-order chi connectivity index (χ1) is 12.0. The third kappa shape index (κ3) is 2.48. The Morgan fingerprint density at radius 2 is 1.60 bits per heavy atom. The van der Waals surface area contributed by atoms with Gasteiger partial charge in [-0.25, -0.2) is 0 Å². The van der Waals surface area contributed by atoms with E-state index in [0.717, 1.165) is 17.6 Å². The summed E-state index contributed by atoms with van der Waals surface area (Å²) in [4.78, 5) is 6.26. The molecule has 1 unspecified atom stereocenters. The normalized spacial score (nSPS) is 27.2. The minimum absolute atomic E-state index is 0.194. The molecular weight excluding hydrogens is 322 g/mol. The van der Waals surface area contributed by atoms with Crippen LogP contribution in [-0.4, -0.2) is 4.98 Å². The fraction of sp³-hybridized carbons (Fsp3) is 0.522. The van der Waals surface area contributed by atoms with Gasteiger partial charge in [0.15, 0.2) is 0 Å². The number of pyridine rings is 1. The lowest BCUT2D eigenvalue weighted by molar-refractivity contribution is 0.345. The molecule has 0 amide bonds. The minimum Gasteiger partial charge on any atom is -0.260 e. The van der Waals surface area contributed by atoms with Gasteiger partial charge in [0, 0.05) is 22.8 Å². The molecule has 0 saturated heterocycles. The molecule has 0 radical (unpaired) electrons. The molecule has 0 spiro atoms. The molecule has 1 aliphatic heterocycles. The Morgan fingerprint density at radius 1 is 0.920 bits per heavy atom. The lowest BCUT2D eigenvalue weighted by atomic mass is 9.65. The average molecular weight is 350 g/mol. The molecule has 4 aliphatic rings. The second kappa shape index (κ2) is 5.61. The Kier molecular flexibility index (Phi) is 3.57. The summed E-state index contributed by atoms with van der Waals surface area (Å²) >= 11 is 2.01. The Hall–Kier alpha value is -1.28. The minimum atomic E-state index is 0.194. The first kappa shape index (κ1) is 15.9. The standard InChI is InChI=1S/C23H27NS/c1-23(2,3)22-16-5-4-10-24-20(16)13-25-21-12-18-15-8-6-14(7-9-15)17(18)11-19(21)22/h4-5,10-12,14-15,22H,6-9,13H2,1-3H3. The maximum Gasteiger partial charge on any atom is 0.0544 e. The van der Waals surface area contributed by atoms with Gasteiger partial charge in [-0.3, -0.25) is 4.98 Å². The smallest absolute Gasteiger partial charge is 0.0544 e. The summed E-state index contributed by atoms with van der Waals surface area (Å²) in [6, 6.07) is 9.63. The lowest BCUT2D eigenvalue weighted by Gasteiger charge is -2.40. The molecule has 2 aromatic rings. The summed E-state index contributed by atoms with van der Waals surface area (Å²) in [5.41, 5.74) is 7.85. The van der Waals surface area contributed by atoms with Gasteiger partial charge in [-0.15, -0.1) is 11.8 Å². The third-order valence-electron chi connectivity index (χ3n) is 6.60. The zero-order valence-electron chi connectivity index (χ0n) is 15.5. The number of hydrogen-bond acceptors (Lipinski definition) is 2. The van der Waals surface area contributed by atoms with Gasteiger partial charge in [0.05, 0.1) is 5.69 Å². The molecule has 130 valence electrons. The Bertz CT molecular complexity index is 824. The fourth-order valence-electron chi connectivity index (χ4n) is 5.48. The van der Waals surface area contributed by atoms with E-state index in [2.05, 4.69) is 45.0 Å². The van der Waals surface area contributed by atoms with Gasteiger partial charge >= 0.3 is 0 Å². The molecular formula is C23H27NS. The first-order valence-corrected chi connectivity index (χ1v) is 10.8. The van der Waals surface area contributed by atoms with Crippen LogP contribution in [0.4, 0.5) is 0 Å². The molecule has 1 fully saturated rings. The highest BCUT2D eigenvalue weighted by molar-refractivity contribution is 7.98. The molecule has 1 nitrogen and oxygen atoms in total. The van der Waals surface area contributed by atoms with Gasteiger partial charge in [0.1, 0.15) is 0 Å². The van der Waals surface area contributed by atoms with Crippen molar-refractivity contribution in [1.29, 1.82) is 0 Å². The van der Waals surface area contributed by atoms with Crippen molar-refractivity contribution in [1.82, 2.24) is 4.98 Å². The van der Waals surface area contributed by atoms with Crippen molar-refractivity contribution < 1.29 is 0 Å². The summed E-state index contributed by atoms with van der Waals surface area (Å²) in [5.74, 6) is 3.07. The molecule has 1 saturated carbocycles. The Morgan fingerprint density at radius 3 is 2.28 bits per heavy atom. The fourth-order valence-corrected chi connectivity index (χ4v) is 6.57. The second-order valence-corrected chi connectivity index (χ2v) is 10.2. The van der Waals surface area contributed by atoms with Crippen LogP contribution in [-0.2, 0) is 5.75 Å². The monoisotopic (exact) mass is 349 g/mol. The largest absolute Gasteiger partial charge is 0.260 e. The van der Waals surface area contributed by atoms with Gasteiger partial charge in [0.2, 0.25) is 0 Å². The molecule has 2 heteroatoms. The predicted octanol–water partition coefficient (Wildman–Crippen LogP) is 6.62. The molecule has 25 heavy (non-hydrogen) atoms. The lowest BCUT2D eigenvalue weighted by Crippen LogP contribution is -2.25. The van der Waals surface area contributed by atoms with Crippen LogP contribution in [0, 0.1) is 5.41 Å². The number of fused-ring (bicyclic) bond motifs is 4. The van der Waals surface area contributed by atoms with Crippen LogP contribution in [0.5, 0.6) is 0 Å². The van der Waals surface area contributed by atoms with Crippen LogP contribution in [0.2, 0.25) is 0 Å². The summed E-state index contributed by atoms with van der Waals surface area (Å²) in [7, 11) is 0. The van der Waals surface area contributed by atoms with Crippen molar-refractivity contribution in [3.8, 4) is 0 Å².